The zero-order chi connectivity index (χ0) is 16.2. The molecule has 0 atom stereocenters. The Balaban J connectivity index is 1.75. The van der Waals surface area contributed by atoms with Gasteiger partial charge in [-0.2, -0.15) is 0 Å². The third-order valence-electron chi connectivity index (χ3n) is 3.73. The summed E-state index contributed by atoms with van der Waals surface area (Å²) in [5.74, 6) is 2.39. The van der Waals surface area contributed by atoms with Gasteiger partial charge < -0.3 is 5.32 Å². The molecule has 23 heavy (non-hydrogen) atoms. The van der Waals surface area contributed by atoms with Crippen molar-refractivity contribution >= 4 is 35.1 Å². The summed E-state index contributed by atoms with van der Waals surface area (Å²) in [6, 6.07) is 14.2. The number of hydrogen-bond donors (Lipinski definition) is 1. The van der Waals surface area contributed by atoms with Gasteiger partial charge >= 0.3 is 0 Å². The molecule has 0 aliphatic carbocycles. The van der Waals surface area contributed by atoms with E-state index in [1.54, 1.807) is 0 Å². The molecule has 1 aliphatic heterocycles. The van der Waals surface area contributed by atoms with Crippen molar-refractivity contribution in [1.29, 1.82) is 0 Å². The molecule has 2 aromatic carbocycles. The van der Waals surface area contributed by atoms with Gasteiger partial charge in [0.15, 0.2) is 0 Å². The van der Waals surface area contributed by atoms with Crippen LogP contribution >= 0.6 is 23.5 Å². The highest BCUT2D eigenvalue weighted by molar-refractivity contribution is 8.16. The maximum Gasteiger partial charge on any atom is 0.255 e. The first kappa shape index (κ1) is 16.5. The number of anilines is 1. The van der Waals surface area contributed by atoms with Crippen LogP contribution in [-0.4, -0.2) is 17.4 Å². The molecule has 2 aromatic rings. The Bertz CT molecular complexity index is 688. The third kappa shape index (κ3) is 4.33. The third-order valence-corrected chi connectivity index (χ3v) is 6.74. The van der Waals surface area contributed by atoms with E-state index < -0.39 is 0 Å². The fourth-order valence-electron chi connectivity index (χ4n) is 2.75. The lowest BCUT2D eigenvalue weighted by molar-refractivity contribution is 0.102. The van der Waals surface area contributed by atoms with Crippen LogP contribution < -0.4 is 5.32 Å². The van der Waals surface area contributed by atoms with E-state index in [9.17, 15) is 4.79 Å². The van der Waals surface area contributed by atoms with Gasteiger partial charge in [-0.25, -0.2) is 0 Å². The molecule has 1 heterocycles. The lowest BCUT2D eigenvalue weighted by Crippen LogP contribution is -2.12. The van der Waals surface area contributed by atoms with Gasteiger partial charge in [0.25, 0.3) is 5.91 Å². The van der Waals surface area contributed by atoms with Crippen LogP contribution in [0.5, 0.6) is 0 Å². The number of benzene rings is 2. The van der Waals surface area contributed by atoms with E-state index in [0.29, 0.717) is 10.1 Å². The van der Waals surface area contributed by atoms with Gasteiger partial charge in [-0.15, -0.1) is 23.5 Å². The summed E-state index contributed by atoms with van der Waals surface area (Å²) in [6.07, 6.45) is 1.29. The van der Waals surface area contributed by atoms with Gasteiger partial charge in [-0.05, 0) is 61.6 Å². The molecule has 0 spiro atoms. The average molecular weight is 344 g/mol. The molecule has 0 unspecified atom stereocenters. The minimum atomic E-state index is -0.0436. The first-order valence-electron chi connectivity index (χ1n) is 7.84. The number of carbonyl (C=O) groups is 1. The average Bonchev–Trinajstić information content (AvgIpc) is 2.55. The normalized spacial score (nSPS) is 15.4. The molecule has 2 nitrogen and oxygen atoms in total. The Morgan fingerprint density at radius 1 is 1.04 bits per heavy atom. The second kappa shape index (κ2) is 7.45. The van der Waals surface area contributed by atoms with Crippen molar-refractivity contribution in [3.8, 4) is 0 Å². The standard InChI is InChI=1S/C19H21NOS2/c1-13-9-14(2)11-16(10-13)18(21)20-17-6-3-5-15(12-17)19-22-7-4-8-23-19/h3,5-6,9-12,19H,4,7-8H2,1-2H3,(H,20,21). The molecule has 0 radical (unpaired) electrons. The molecule has 1 N–H and O–H groups in total. The summed E-state index contributed by atoms with van der Waals surface area (Å²) in [5, 5.41) is 3.03. The summed E-state index contributed by atoms with van der Waals surface area (Å²) in [5.41, 5.74) is 5.10. The lowest BCUT2D eigenvalue weighted by Gasteiger charge is -2.21. The summed E-state index contributed by atoms with van der Waals surface area (Å²) in [4.78, 5) is 12.5. The predicted molar refractivity (Wildman–Crippen MR) is 103 cm³/mol. The molecule has 1 aliphatic rings. The number of amides is 1. The van der Waals surface area contributed by atoms with Crippen LogP contribution in [0.1, 0.15) is 38.1 Å². The van der Waals surface area contributed by atoms with Crippen LogP contribution in [0.3, 0.4) is 0 Å². The lowest BCUT2D eigenvalue weighted by atomic mass is 10.1. The molecule has 1 amide bonds. The van der Waals surface area contributed by atoms with Crippen molar-refractivity contribution in [2.45, 2.75) is 24.9 Å². The molecule has 0 saturated carbocycles. The van der Waals surface area contributed by atoms with E-state index in [4.69, 9.17) is 0 Å². The largest absolute Gasteiger partial charge is 0.322 e. The van der Waals surface area contributed by atoms with Gasteiger partial charge in [0.2, 0.25) is 0 Å². The van der Waals surface area contributed by atoms with Gasteiger partial charge in [0.1, 0.15) is 0 Å². The van der Waals surface area contributed by atoms with E-state index >= 15 is 0 Å². The molecular weight excluding hydrogens is 322 g/mol. The molecule has 0 aromatic heterocycles. The number of thioether (sulfide) groups is 2. The van der Waals surface area contributed by atoms with Crippen molar-refractivity contribution in [3.05, 3.63) is 64.7 Å². The highest BCUT2D eigenvalue weighted by atomic mass is 32.2. The first-order chi connectivity index (χ1) is 11.1. The van der Waals surface area contributed by atoms with Crippen molar-refractivity contribution in [1.82, 2.24) is 0 Å². The van der Waals surface area contributed by atoms with E-state index in [-0.39, 0.29) is 5.91 Å². The van der Waals surface area contributed by atoms with Gasteiger partial charge in [0, 0.05) is 11.3 Å². The minimum Gasteiger partial charge on any atom is -0.322 e. The summed E-state index contributed by atoms with van der Waals surface area (Å²) in [7, 11) is 0. The quantitative estimate of drug-likeness (QED) is 0.806. The van der Waals surface area contributed by atoms with Crippen molar-refractivity contribution in [2.24, 2.45) is 0 Å². The summed E-state index contributed by atoms with van der Waals surface area (Å²) >= 11 is 3.99. The van der Waals surface area contributed by atoms with Gasteiger partial charge in [0.05, 0.1) is 4.58 Å². The smallest absolute Gasteiger partial charge is 0.255 e. The minimum absolute atomic E-state index is 0.0436. The van der Waals surface area contributed by atoms with Gasteiger partial charge in [-0.1, -0.05) is 29.3 Å². The highest BCUT2D eigenvalue weighted by Gasteiger charge is 2.17. The van der Waals surface area contributed by atoms with Crippen LogP contribution in [-0.2, 0) is 0 Å². The van der Waals surface area contributed by atoms with E-state index in [1.807, 2.05) is 61.6 Å². The number of rotatable bonds is 3. The molecule has 0 bridgehead atoms. The number of hydrogen-bond acceptors (Lipinski definition) is 3. The molecule has 3 rings (SSSR count). The fourth-order valence-corrected chi connectivity index (χ4v) is 5.63. The topological polar surface area (TPSA) is 29.1 Å². The number of aryl methyl sites for hydroxylation is 2. The fraction of sp³-hybridized carbons (Fsp3) is 0.316. The summed E-state index contributed by atoms with van der Waals surface area (Å²) in [6.45, 7) is 4.03. The Morgan fingerprint density at radius 3 is 2.43 bits per heavy atom. The zero-order valence-corrected chi connectivity index (χ0v) is 15.1. The van der Waals surface area contributed by atoms with Crippen molar-refractivity contribution < 1.29 is 4.79 Å². The highest BCUT2D eigenvalue weighted by Crippen LogP contribution is 2.44. The Hall–Kier alpha value is -1.39. The maximum atomic E-state index is 12.5. The van der Waals surface area contributed by atoms with Crippen molar-refractivity contribution in [2.75, 3.05) is 16.8 Å². The van der Waals surface area contributed by atoms with E-state index in [0.717, 1.165) is 16.8 Å². The Kier molecular flexibility index (Phi) is 5.34. The Morgan fingerprint density at radius 2 is 1.74 bits per heavy atom. The second-order valence-corrected chi connectivity index (χ2v) is 8.61. The Labute approximate surface area is 146 Å². The monoisotopic (exact) mass is 343 g/mol. The molecule has 1 saturated heterocycles. The molecular formula is C19H21NOS2. The molecule has 1 fully saturated rings. The van der Waals surface area contributed by atoms with Crippen LogP contribution in [0.4, 0.5) is 5.69 Å². The van der Waals surface area contributed by atoms with E-state index in [1.165, 1.54) is 23.5 Å². The van der Waals surface area contributed by atoms with Crippen LogP contribution in [0, 0.1) is 13.8 Å². The number of carbonyl (C=O) groups excluding carboxylic acids is 1. The first-order valence-corrected chi connectivity index (χ1v) is 9.94. The maximum absolute atomic E-state index is 12.5. The van der Waals surface area contributed by atoms with Crippen LogP contribution in [0.25, 0.3) is 0 Å². The van der Waals surface area contributed by atoms with Gasteiger partial charge in [-0.3, -0.25) is 4.79 Å². The van der Waals surface area contributed by atoms with E-state index in [2.05, 4.69) is 23.5 Å². The van der Waals surface area contributed by atoms with Crippen LogP contribution in [0.2, 0.25) is 0 Å². The molecule has 4 heteroatoms. The SMILES string of the molecule is Cc1cc(C)cc(C(=O)Nc2cccc(C3SCCCS3)c2)c1. The summed E-state index contributed by atoms with van der Waals surface area (Å²) < 4.78 is 0.488. The molecule has 120 valence electrons. The number of nitrogens with one attached hydrogen (secondary N) is 1. The van der Waals surface area contributed by atoms with Crippen LogP contribution in [0.15, 0.2) is 42.5 Å². The predicted octanol–water partition coefficient (Wildman–Crippen LogP) is 5.42. The van der Waals surface area contributed by atoms with Crippen molar-refractivity contribution in [3.63, 3.8) is 0 Å². The second-order valence-electron chi connectivity index (χ2n) is 5.88. The zero-order valence-electron chi connectivity index (χ0n) is 13.5.